The van der Waals surface area contributed by atoms with Crippen molar-refractivity contribution in [3.05, 3.63) is 29.0 Å². The monoisotopic (exact) mass is 266 g/mol. The van der Waals surface area contributed by atoms with Crippen LogP contribution in [0, 0.1) is 0 Å². The third-order valence-corrected chi connectivity index (χ3v) is 2.50. The van der Waals surface area contributed by atoms with E-state index in [2.05, 4.69) is 15.3 Å². The quantitative estimate of drug-likeness (QED) is 0.860. The summed E-state index contributed by atoms with van der Waals surface area (Å²) in [6.07, 6.45) is 1.52. The van der Waals surface area contributed by atoms with E-state index in [-0.39, 0.29) is 17.4 Å². The Hall–Kier alpha value is -2.15. The van der Waals surface area contributed by atoms with Gasteiger partial charge in [-0.05, 0) is 12.1 Å². The molecule has 2 N–H and O–H groups in total. The van der Waals surface area contributed by atoms with Crippen molar-refractivity contribution in [3.8, 4) is 5.82 Å². The van der Waals surface area contributed by atoms with Crippen molar-refractivity contribution in [2.75, 3.05) is 19.8 Å². The second-order valence-electron chi connectivity index (χ2n) is 3.78. The van der Waals surface area contributed by atoms with E-state index in [4.69, 9.17) is 17.3 Å². The summed E-state index contributed by atoms with van der Waals surface area (Å²) >= 11 is 5.79. The highest BCUT2D eigenvalue weighted by molar-refractivity contribution is 6.32. The largest absolute Gasteiger partial charge is 0.381 e. The third kappa shape index (κ3) is 2.25. The maximum absolute atomic E-state index is 11.6. The maximum atomic E-state index is 11.6. The lowest BCUT2D eigenvalue weighted by Crippen LogP contribution is -2.23. The smallest absolute Gasteiger partial charge is 0.273 e. The van der Waals surface area contributed by atoms with Crippen LogP contribution in [-0.2, 0) is 0 Å². The molecule has 0 aliphatic carbocycles. The van der Waals surface area contributed by atoms with Gasteiger partial charge in [-0.3, -0.25) is 4.79 Å². The van der Waals surface area contributed by atoms with Gasteiger partial charge in [-0.15, -0.1) is 15.3 Å². The van der Waals surface area contributed by atoms with Crippen molar-refractivity contribution in [1.82, 2.24) is 24.9 Å². The summed E-state index contributed by atoms with van der Waals surface area (Å²) in [5, 5.41) is 12.0. The van der Waals surface area contributed by atoms with Gasteiger partial charge >= 0.3 is 0 Å². The summed E-state index contributed by atoms with van der Waals surface area (Å²) in [6.45, 7) is 0. The van der Waals surface area contributed by atoms with E-state index < -0.39 is 0 Å². The Morgan fingerprint density at radius 2 is 2.11 bits per heavy atom. The molecule has 8 heteroatoms. The molecule has 0 fully saturated rings. The predicted molar refractivity (Wildman–Crippen MR) is 66.6 cm³/mol. The van der Waals surface area contributed by atoms with E-state index in [1.54, 1.807) is 26.2 Å². The van der Waals surface area contributed by atoms with Crippen molar-refractivity contribution in [3.63, 3.8) is 0 Å². The zero-order valence-corrected chi connectivity index (χ0v) is 10.6. The van der Waals surface area contributed by atoms with Crippen LogP contribution in [0.5, 0.6) is 0 Å². The van der Waals surface area contributed by atoms with Crippen LogP contribution >= 0.6 is 11.6 Å². The van der Waals surface area contributed by atoms with Crippen molar-refractivity contribution in [1.29, 1.82) is 0 Å². The minimum absolute atomic E-state index is 0.215. The molecular weight excluding hydrogens is 256 g/mol. The maximum Gasteiger partial charge on any atom is 0.273 e. The molecule has 0 aliphatic heterocycles. The molecule has 2 heterocycles. The SMILES string of the molecule is CN(C)C(=O)c1ccc(-n2cc(Cl)c(N)n2)nn1. The molecule has 7 nitrogen and oxygen atoms in total. The lowest BCUT2D eigenvalue weighted by Gasteiger charge is -2.08. The summed E-state index contributed by atoms with van der Waals surface area (Å²) in [7, 11) is 3.29. The van der Waals surface area contributed by atoms with Gasteiger partial charge in [-0.1, -0.05) is 11.6 Å². The zero-order valence-electron chi connectivity index (χ0n) is 9.83. The summed E-state index contributed by atoms with van der Waals surface area (Å²) in [5.41, 5.74) is 5.78. The number of amides is 1. The van der Waals surface area contributed by atoms with Gasteiger partial charge in [0.1, 0.15) is 5.02 Å². The number of nitrogens with two attached hydrogens (primary N) is 1. The molecule has 2 aromatic heterocycles. The van der Waals surface area contributed by atoms with Gasteiger partial charge in [0.15, 0.2) is 17.3 Å². The van der Waals surface area contributed by atoms with E-state index in [0.29, 0.717) is 10.8 Å². The van der Waals surface area contributed by atoms with E-state index in [9.17, 15) is 4.79 Å². The van der Waals surface area contributed by atoms with E-state index in [1.165, 1.54) is 15.8 Å². The fourth-order valence-corrected chi connectivity index (χ4v) is 1.40. The van der Waals surface area contributed by atoms with Crippen molar-refractivity contribution in [2.24, 2.45) is 0 Å². The average Bonchev–Trinajstić information content (AvgIpc) is 2.69. The molecule has 2 aromatic rings. The number of hydrogen-bond acceptors (Lipinski definition) is 5. The normalized spacial score (nSPS) is 10.4. The Bertz CT molecular complexity index is 557. The Labute approximate surface area is 108 Å². The Morgan fingerprint density at radius 1 is 1.39 bits per heavy atom. The number of rotatable bonds is 2. The third-order valence-electron chi connectivity index (χ3n) is 2.21. The van der Waals surface area contributed by atoms with E-state index in [1.807, 2.05) is 0 Å². The van der Waals surface area contributed by atoms with Crippen LogP contribution in [0.4, 0.5) is 5.82 Å². The summed E-state index contributed by atoms with van der Waals surface area (Å²) < 4.78 is 1.40. The summed E-state index contributed by atoms with van der Waals surface area (Å²) in [5.74, 6) is 0.433. The lowest BCUT2D eigenvalue weighted by molar-refractivity contribution is 0.0821. The van der Waals surface area contributed by atoms with E-state index >= 15 is 0 Å². The number of carbonyl (C=O) groups excluding carboxylic acids is 1. The molecule has 2 rings (SSSR count). The first kappa shape index (κ1) is 12.3. The van der Waals surface area contributed by atoms with Crippen LogP contribution in [0.15, 0.2) is 18.3 Å². The average molecular weight is 267 g/mol. The van der Waals surface area contributed by atoms with Gasteiger partial charge in [-0.25, -0.2) is 4.68 Å². The molecule has 0 aliphatic rings. The topological polar surface area (TPSA) is 89.9 Å². The molecule has 0 spiro atoms. The highest BCUT2D eigenvalue weighted by Crippen LogP contribution is 2.17. The number of hydrogen-bond donors (Lipinski definition) is 1. The first-order valence-corrected chi connectivity index (χ1v) is 5.43. The molecule has 18 heavy (non-hydrogen) atoms. The predicted octanol–water partition coefficient (Wildman–Crippen LogP) is 0.600. The lowest BCUT2D eigenvalue weighted by atomic mass is 10.3. The minimum atomic E-state index is -0.216. The molecule has 1 amide bonds. The molecular formula is C10H11ClN6O. The van der Waals surface area contributed by atoms with Gasteiger partial charge in [0.05, 0.1) is 6.20 Å². The first-order valence-electron chi connectivity index (χ1n) is 5.05. The summed E-state index contributed by atoms with van der Waals surface area (Å²) in [4.78, 5) is 13.0. The molecule has 0 unspecified atom stereocenters. The van der Waals surface area contributed by atoms with E-state index in [0.717, 1.165) is 0 Å². The molecule has 0 aromatic carbocycles. The molecule has 0 saturated carbocycles. The van der Waals surface area contributed by atoms with Crippen LogP contribution < -0.4 is 5.73 Å². The van der Waals surface area contributed by atoms with Crippen LogP contribution in [-0.4, -0.2) is 44.9 Å². The molecule has 0 saturated heterocycles. The summed E-state index contributed by atoms with van der Waals surface area (Å²) in [6, 6.07) is 3.18. The number of anilines is 1. The Kier molecular flexibility index (Phi) is 3.15. The van der Waals surface area contributed by atoms with Crippen LogP contribution in [0.25, 0.3) is 5.82 Å². The number of aromatic nitrogens is 4. The minimum Gasteiger partial charge on any atom is -0.381 e. The number of nitrogens with zero attached hydrogens (tertiary/aromatic N) is 5. The molecule has 0 atom stereocenters. The highest BCUT2D eigenvalue weighted by atomic mass is 35.5. The fourth-order valence-electron chi connectivity index (χ4n) is 1.27. The van der Waals surface area contributed by atoms with Gasteiger partial charge in [0, 0.05) is 14.1 Å². The molecule has 0 radical (unpaired) electrons. The standard InChI is InChI=1S/C10H11ClN6O/c1-16(2)10(18)7-3-4-8(14-13-7)17-5-6(11)9(12)15-17/h3-5H,1-2H3,(H2,12,15). The van der Waals surface area contributed by atoms with Crippen molar-refractivity contribution >= 4 is 23.3 Å². The van der Waals surface area contributed by atoms with Gasteiger partial charge < -0.3 is 10.6 Å². The molecule has 0 bridgehead atoms. The van der Waals surface area contributed by atoms with Crippen molar-refractivity contribution < 1.29 is 4.79 Å². The van der Waals surface area contributed by atoms with Gasteiger partial charge in [-0.2, -0.15) is 0 Å². The number of nitrogen functional groups attached to an aromatic ring is 1. The Balaban J connectivity index is 2.30. The van der Waals surface area contributed by atoms with Gasteiger partial charge in [0.2, 0.25) is 0 Å². The highest BCUT2D eigenvalue weighted by Gasteiger charge is 2.11. The van der Waals surface area contributed by atoms with Crippen molar-refractivity contribution in [2.45, 2.75) is 0 Å². The second-order valence-corrected chi connectivity index (χ2v) is 4.19. The first-order chi connectivity index (χ1) is 8.49. The van der Waals surface area contributed by atoms with Crippen LogP contribution in [0.2, 0.25) is 5.02 Å². The van der Waals surface area contributed by atoms with Crippen LogP contribution in [0.3, 0.4) is 0 Å². The fraction of sp³-hybridized carbons (Fsp3) is 0.200. The number of halogens is 1. The Morgan fingerprint density at radius 3 is 2.56 bits per heavy atom. The number of carbonyl (C=O) groups is 1. The zero-order chi connectivity index (χ0) is 13.3. The second kappa shape index (κ2) is 4.61. The molecule has 94 valence electrons. The van der Waals surface area contributed by atoms with Gasteiger partial charge in [0.25, 0.3) is 5.91 Å². The van der Waals surface area contributed by atoms with Crippen LogP contribution in [0.1, 0.15) is 10.5 Å².